The molecule has 0 spiro atoms. The first kappa shape index (κ1) is 14.3. The zero-order valence-electron chi connectivity index (χ0n) is 13.4. The van der Waals surface area contributed by atoms with Crippen LogP contribution in [0.5, 0.6) is 0 Å². The topological polar surface area (TPSA) is 61.6 Å². The largest absolute Gasteiger partial charge is 0.330 e. The van der Waals surface area contributed by atoms with Gasteiger partial charge in [-0.2, -0.15) is 5.26 Å². The lowest BCUT2D eigenvalue weighted by molar-refractivity contribution is 0.983. The minimum atomic E-state index is -0.355. The van der Waals surface area contributed by atoms with Crippen LogP contribution in [0.3, 0.4) is 0 Å². The summed E-state index contributed by atoms with van der Waals surface area (Å²) in [6.07, 6.45) is 0. The molecule has 0 saturated carbocycles. The molecule has 0 bridgehead atoms. The molecular weight excluding hydrogens is 298 g/mol. The number of nitrogens with zero attached hydrogens (tertiary/aromatic N) is 2. The number of pyridine rings is 1. The highest BCUT2D eigenvalue weighted by Gasteiger charge is 2.19. The molecule has 0 saturated heterocycles. The van der Waals surface area contributed by atoms with Crippen molar-refractivity contribution < 1.29 is 0 Å². The van der Waals surface area contributed by atoms with E-state index >= 15 is 0 Å². The summed E-state index contributed by atoms with van der Waals surface area (Å²) in [7, 11) is 1.92. The molecule has 4 rings (SSSR count). The second-order valence-electron chi connectivity index (χ2n) is 5.98. The number of para-hydroxylation sites is 1. The number of hydrogen-bond donors (Lipinski definition) is 1. The Morgan fingerprint density at radius 3 is 2.50 bits per heavy atom. The van der Waals surface area contributed by atoms with E-state index in [9.17, 15) is 10.1 Å². The summed E-state index contributed by atoms with van der Waals surface area (Å²) >= 11 is 0. The first-order chi connectivity index (χ1) is 11.6. The van der Waals surface area contributed by atoms with Crippen molar-refractivity contribution in [3.63, 3.8) is 0 Å². The Morgan fingerprint density at radius 2 is 1.79 bits per heavy atom. The molecule has 2 aromatic heterocycles. The van der Waals surface area contributed by atoms with Gasteiger partial charge in [0, 0.05) is 23.4 Å². The van der Waals surface area contributed by atoms with Gasteiger partial charge in [0.2, 0.25) is 0 Å². The van der Waals surface area contributed by atoms with Crippen LogP contribution in [0.4, 0.5) is 0 Å². The number of hydrogen-bond acceptors (Lipinski definition) is 2. The smallest absolute Gasteiger partial charge is 0.268 e. The van der Waals surface area contributed by atoms with Crippen LogP contribution < -0.4 is 5.56 Å². The number of H-pyrrole nitrogens is 1. The molecule has 116 valence electrons. The maximum Gasteiger partial charge on any atom is 0.268 e. The molecule has 4 heteroatoms. The van der Waals surface area contributed by atoms with Gasteiger partial charge in [0.25, 0.3) is 5.56 Å². The second-order valence-corrected chi connectivity index (χ2v) is 5.98. The van der Waals surface area contributed by atoms with Gasteiger partial charge < -0.3 is 9.55 Å². The Kier molecular flexibility index (Phi) is 3.04. The third-order valence-electron chi connectivity index (χ3n) is 4.52. The molecule has 0 radical (unpaired) electrons. The van der Waals surface area contributed by atoms with Crippen LogP contribution in [0.25, 0.3) is 33.1 Å². The molecule has 1 N–H and O–H groups in total. The van der Waals surface area contributed by atoms with Gasteiger partial charge in [-0.1, -0.05) is 48.0 Å². The molecule has 4 aromatic rings. The number of aryl methyl sites for hydroxylation is 2. The third-order valence-corrected chi connectivity index (χ3v) is 4.52. The Labute approximate surface area is 138 Å². The lowest BCUT2D eigenvalue weighted by Crippen LogP contribution is -2.13. The highest BCUT2D eigenvalue weighted by Crippen LogP contribution is 2.36. The number of fused-ring (bicyclic) bond motifs is 3. The van der Waals surface area contributed by atoms with Gasteiger partial charge in [-0.05, 0) is 18.6 Å². The molecule has 24 heavy (non-hydrogen) atoms. The summed E-state index contributed by atoms with van der Waals surface area (Å²) in [5, 5.41) is 11.5. The molecule has 0 aliphatic rings. The highest BCUT2D eigenvalue weighted by molar-refractivity contribution is 6.14. The van der Waals surface area contributed by atoms with E-state index in [1.54, 1.807) is 0 Å². The average molecular weight is 313 g/mol. The summed E-state index contributed by atoms with van der Waals surface area (Å²) in [5.41, 5.74) is 4.27. The van der Waals surface area contributed by atoms with Crippen LogP contribution in [0.2, 0.25) is 0 Å². The highest BCUT2D eigenvalue weighted by atomic mass is 16.1. The molecule has 2 aromatic carbocycles. The number of nitriles is 1. The van der Waals surface area contributed by atoms with Crippen molar-refractivity contribution in [1.29, 1.82) is 5.26 Å². The maximum absolute atomic E-state index is 12.5. The molecule has 0 unspecified atom stereocenters. The molecule has 0 aliphatic heterocycles. The average Bonchev–Trinajstić information content (AvgIpc) is 2.87. The van der Waals surface area contributed by atoms with Crippen molar-refractivity contribution in [3.05, 3.63) is 70.0 Å². The van der Waals surface area contributed by atoms with Crippen LogP contribution in [-0.4, -0.2) is 9.55 Å². The molecule has 4 nitrogen and oxygen atoms in total. The van der Waals surface area contributed by atoms with Gasteiger partial charge in [0.1, 0.15) is 17.3 Å². The number of aromatic nitrogens is 2. The molecule has 2 heterocycles. The van der Waals surface area contributed by atoms with Crippen LogP contribution in [0.1, 0.15) is 11.1 Å². The van der Waals surface area contributed by atoms with Crippen molar-refractivity contribution in [2.75, 3.05) is 0 Å². The molecule has 0 atom stereocenters. The predicted molar refractivity (Wildman–Crippen MR) is 95.9 cm³/mol. The summed E-state index contributed by atoms with van der Waals surface area (Å²) < 4.78 is 1.96. The van der Waals surface area contributed by atoms with Crippen molar-refractivity contribution in [3.8, 4) is 17.2 Å². The summed E-state index contributed by atoms with van der Waals surface area (Å²) in [6.45, 7) is 2.01. The zero-order chi connectivity index (χ0) is 16.8. The molecular formula is C20H15N3O. The SMILES string of the molecule is Cc1ccc(-c2c(C#N)c(=O)[nH]c3c2c2ccccc2n3C)cc1. The van der Waals surface area contributed by atoms with E-state index in [-0.39, 0.29) is 11.1 Å². The Hall–Kier alpha value is -3.32. The molecule has 0 amide bonds. The normalized spacial score (nSPS) is 11.0. The monoisotopic (exact) mass is 313 g/mol. The van der Waals surface area contributed by atoms with Gasteiger partial charge in [0.05, 0.1) is 5.52 Å². The first-order valence-corrected chi connectivity index (χ1v) is 7.72. The Bertz CT molecular complexity index is 1190. The fourth-order valence-corrected chi connectivity index (χ4v) is 3.32. The van der Waals surface area contributed by atoms with E-state index in [0.717, 1.165) is 33.1 Å². The van der Waals surface area contributed by atoms with Crippen molar-refractivity contribution >= 4 is 21.9 Å². The third kappa shape index (κ3) is 1.88. The maximum atomic E-state index is 12.5. The van der Waals surface area contributed by atoms with Crippen molar-refractivity contribution in [2.24, 2.45) is 7.05 Å². The minimum Gasteiger partial charge on any atom is -0.330 e. The first-order valence-electron chi connectivity index (χ1n) is 7.72. The van der Waals surface area contributed by atoms with Gasteiger partial charge in [-0.25, -0.2) is 0 Å². The minimum absolute atomic E-state index is 0.155. The fraction of sp³-hybridized carbons (Fsp3) is 0.100. The van der Waals surface area contributed by atoms with E-state index < -0.39 is 0 Å². The van der Waals surface area contributed by atoms with Gasteiger partial charge in [0.15, 0.2) is 0 Å². The van der Waals surface area contributed by atoms with E-state index in [1.165, 1.54) is 0 Å². The summed E-state index contributed by atoms with van der Waals surface area (Å²) in [5.74, 6) is 0. The molecule has 0 fully saturated rings. The van der Waals surface area contributed by atoms with Gasteiger partial charge >= 0.3 is 0 Å². The summed E-state index contributed by atoms with van der Waals surface area (Å²) in [6, 6.07) is 18.0. The van der Waals surface area contributed by atoms with Crippen LogP contribution in [0.15, 0.2) is 53.3 Å². The molecule has 0 aliphatic carbocycles. The Balaban J connectivity index is 2.29. The second kappa shape index (κ2) is 5.10. The number of benzene rings is 2. The van der Waals surface area contributed by atoms with Crippen molar-refractivity contribution in [2.45, 2.75) is 6.92 Å². The van der Waals surface area contributed by atoms with Gasteiger partial charge in [-0.3, -0.25) is 4.79 Å². The van der Waals surface area contributed by atoms with E-state index in [2.05, 4.69) is 11.1 Å². The van der Waals surface area contributed by atoms with Gasteiger partial charge in [-0.15, -0.1) is 0 Å². The van der Waals surface area contributed by atoms with Crippen LogP contribution >= 0.6 is 0 Å². The lowest BCUT2D eigenvalue weighted by atomic mass is 9.96. The van der Waals surface area contributed by atoms with E-state index in [0.29, 0.717) is 5.56 Å². The number of aromatic amines is 1. The standard InChI is InChI=1S/C20H15N3O/c1-12-7-9-13(10-8-12)17-15(11-21)20(24)22-19-18(17)14-5-3-4-6-16(14)23(19)2/h3-10H,1-2H3,(H,22,24). The van der Waals surface area contributed by atoms with Crippen LogP contribution in [-0.2, 0) is 7.05 Å². The van der Waals surface area contributed by atoms with Crippen molar-refractivity contribution in [1.82, 2.24) is 9.55 Å². The Morgan fingerprint density at radius 1 is 1.08 bits per heavy atom. The fourth-order valence-electron chi connectivity index (χ4n) is 3.32. The van der Waals surface area contributed by atoms with Crippen LogP contribution in [0, 0.1) is 18.3 Å². The van der Waals surface area contributed by atoms with E-state index in [1.807, 2.05) is 67.1 Å². The lowest BCUT2D eigenvalue weighted by Gasteiger charge is -2.08. The summed E-state index contributed by atoms with van der Waals surface area (Å²) in [4.78, 5) is 15.3. The quantitative estimate of drug-likeness (QED) is 0.580. The number of rotatable bonds is 1. The predicted octanol–water partition coefficient (Wildman–Crippen LogP) is 3.87. The van der Waals surface area contributed by atoms with E-state index in [4.69, 9.17) is 0 Å². The zero-order valence-corrected chi connectivity index (χ0v) is 13.4. The number of nitrogens with one attached hydrogen (secondary N) is 1.